The van der Waals surface area contributed by atoms with Gasteiger partial charge in [0.1, 0.15) is 0 Å². The van der Waals surface area contributed by atoms with Gasteiger partial charge in [-0.2, -0.15) is 0 Å². The lowest BCUT2D eigenvalue weighted by Crippen LogP contribution is -2.31. The molecule has 0 N–H and O–H groups in total. The predicted molar refractivity (Wildman–Crippen MR) is 89.4 cm³/mol. The van der Waals surface area contributed by atoms with E-state index in [1.165, 1.54) is 29.9 Å². The van der Waals surface area contributed by atoms with Crippen LogP contribution in [0, 0.1) is 5.92 Å². The molecule has 0 rings (SSSR count). The van der Waals surface area contributed by atoms with Crippen molar-refractivity contribution in [3.8, 4) is 0 Å². The van der Waals surface area contributed by atoms with E-state index in [-0.39, 0.29) is 0 Å². The summed E-state index contributed by atoms with van der Waals surface area (Å²) in [5.74, 6) is 1.77. The van der Waals surface area contributed by atoms with Crippen LogP contribution in [0.25, 0.3) is 0 Å². The highest BCUT2D eigenvalue weighted by atomic mass is 28.4. The maximum Gasteiger partial charge on any atom is 0.241 e. The van der Waals surface area contributed by atoms with E-state index in [0.717, 1.165) is 0 Å². The first kappa shape index (κ1) is 18.0. The zero-order chi connectivity index (χ0) is 14.4. The molecular formula is C15H34OSi2. The van der Waals surface area contributed by atoms with Crippen LogP contribution >= 0.6 is 0 Å². The van der Waals surface area contributed by atoms with Gasteiger partial charge in [-0.15, -0.1) is 0 Å². The highest BCUT2D eigenvalue weighted by Gasteiger charge is 2.26. The van der Waals surface area contributed by atoms with E-state index in [9.17, 15) is 0 Å². The summed E-state index contributed by atoms with van der Waals surface area (Å²) in [5, 5.41) is 0. The average Bonchev–Trinajstić information content (AvgIpc) is 2.28. The summed E-state index contributed by atoms with van der Waals surface area (Å²) in [5.41, 5.74) is 0. The second kappa shape index (κ2) is 7.54. The summed E-state index contributed by atoms with van der Waals surface area (Å²) in [7, 11) is -2.51. The Morgan fingerprint density at radius 1 is 1.00 bits per heavy atom. The van der Waals surface area contributed by atoms with Gasteiger partial charge < -0.3 is 4.43 Å². The number of rotatable bonds is 8. The van der Waals surface area contributed by atoms with Gasteiger partial charge in [0, 0.05) is 5.92 Å². The maximum atomic E-state index is 6.25. The standard InChI is InChI=1S/C15H34OSi2/c1-9-18(10-2,11-3)13-12-15(14(4)5)16-17(6,7)8/h12,14H,9-11,13H2,1-8H3/b15-12+. The van der Waals surface area contributed by atoms with Crippen molar-refractivity contribution in [3.63, 3.8) is 0 Å². The lowest BCUT2D eigenvalue weighted by molar-refractivity contribution is 0.363. The number of allylic oxidation sites excluding steroid dienone is 2. The Kier molecular flexibility index (Phi) is 7.52. The summed E-state index contributed by atoms with van der Waals surface area (Å²) in [6.45, 7) is 18.4. The van der Waals surface area contributed by atoms with E-state index in [2.05, 4.69) is 60.3 Å². The van der Waals surface area contributed by atoms with Crippen molar-refractivity contribution < 1.29 is 4.43 Å². The first-order valence-electron chi connectivity index (χ1n) is 7.58. The lowest BCUT2D eigenvalue weighted by Gasteiger charge is -2.29. The fourth-order valence-electron chi connectivity index (χ4n) is 2.25. The third-order valence-corrected chi connectivity index (χ3v) is 10.4. The first-order valence-corrected chi connectivity index (χ1v) is 13.8. The molecule has 0 aromatic carbocycles. The average molecular weight is 287 g/mol. The molecule has 1 nitrogen and oxygen atoms in total. The van der Waals surface area contributed by atoms with Crippen molar-refractivity contribution >= 4 is 16.4 Å². The van der Waals surface area contributed by atoms with Gasteiger partial charge in [0.05, 0.1) is 13.8 Å². The SMILES string of the molecule is CC[Si](CC)(CC)C/C=C(/O[Si](C)(C)C)C(C)C. The van der Waals surface area contributed by atoms with Gasteiger partial charge in [-0.25, -0.2) is 0 Å². The van der Waals surface area contributed by atoms with Gasteiger partial charge in [-0.05, 0) is 25.7 Å². The lowest BCUT2D eigenvalue weighted by atomic mass is 10.2. The van der Waals surface area contributed by atoms with E-state index in [1.807, 2.05) is 0 Å². The van der Waals surface area contributed by atoms with Crippen LogP contribution in [0.15, 0.2) is 11.8 Å². The fraction of sp³-hybridized carbons (Fsp3) is 0.867. The second-order valence-electron chi connectivity index (χ2n) is 6.74. The highest BCUT2D eigenvalue weighted by Crippen LogP contribution is 2.28. The molecule has 0 bridgehead atoms. The summed E-state index contributed by atoms with van der Waals surface area (Å²) in [4.78, 5) is 0. The highest BCUT2D eigenvalue weighted by molar-refractivity contribution is 6.80. The Balaban J connectivity index is 4.87. The van der Waals surface area contributed by atoms with Crippen LogP contribution in [0.5, 0.6) is 0 Å². The van der Waals surface area contributed by atoms with E-state index in [4.69, 9.17) is 4.43 Å². The van der Waals surface area contributed by atoms with Gasteiger partial charge in [0.25, 0.3) is 0 Å². The van der Waals surface area contributed by atoms with Gasteiger partial charge in [0.2, 0.25) is 8.32 Å². The molecule has 0 unspecified atom stereocenters. The molecule has 0 saturated carbocycles. The fourth-order valence-corrected chi connectivity index (χ4v) is 6.28. The van der Waals surface area contributed by atoms with Crippen LogP contribution in [0.4, 0.5) is 0 Å². The van der Waals surface area contributed by atoms with E-state index >= 15 is 0 Å². The second-order valence-corrected chi connectivity index (χ2v) is 16.7. The summed E-state index contributed by atoms with van der Waals surface area (Å²) in [6.07, 6.45) is 2.44. The topological polar surface area (TPSA) is 9.23 Å². The Morgan fingerprint density at radius 2 is 1.44 bits per heavy atom. The number of hydrogen-bond acceptors (Lipinski definition) is 1. The summed E-state index contributed by atoms with van der Waals surface area (Å²) in [6, 6.07) is 5.49. The van der Waals surface area contributed by atoms with Crippen LogP contribution in [-0.4, -0.2) is 16.4 Å². The molecule has 0 atom stereocenters. The molecule has 0 saturated heterocycles. The molecule has 108 valence electrons. The quantitative estimate of drug-likeness (QED) is 0.399. The Labute approximate surface area is 117 Å². The minimum absolute atomic E-state index is 0.522. The number of hydrogen-bond donors (Lipinski definition) is 0. The summed E-state index contributed by atoms with van der Waals surface area (Å²) < 4.78 is 6.25. The monoisotopic (exact) mass is 286 g/mol. The van der Waals surface area contributed by atoms with E-state index < -0.39 is 16.4 Å². The molecule has 0 spiro atoms. The molecule has 0 radical (unpaired) electrons. The maximum absolute atomic E-state index is 6.25. The Morgan fingerprint density at radius 3 is 1.72 bits per heavy atom. The molecule has 3 heteroatoms. The predicted octanol–water partition coefficient (Wildman–Crippen LogP) is 5.89. The van der Waals surface area contributed by atoms with Crippen molar-refractivity contribution in [3.05, 3.63) is 11.8 Å². The smallest absolute Gasteiger partial charge is 0.241 e. The third-order valence-electron chi connectivity index (χ3n) is 3.98. The molecule has 0 aromatic heterocycles. The van der Waals surface area contributed by atoms with Gasteiger partial charge in [0.15, 0.2) is 0 Å². The van der Waals surface area contributed by atoms with Gasteiger partial charge >= 0.3 is 0 Å². The van der Waals surface area contributed by atoms with Crippen molar-refractivity contribution in [2.45, 2.75) is 78.4 Å². The Hall–Kier alpha value is -0.0262. The van der Waals surface area contributed by atoms with Gasteiger partial charge in [-0.1, -0.05) is 58.8 Å². The summed E-state index contributed by atoms with van der Waals surface area (Å²) >= 11 is 0. The van der Waals surface area contributed by atoms with Crippen LogP contribution in [0.1, 0.15) is 34.6 Å². The molecule has 0 fully saturated rings. The van der Waals surface area contributed by atoms with E-state index in [0.29, 0.717) is 5.92 Å². The van der Waals surface area contributed by atoms with Crippen LogP contribution in [0.2, 0.25) is 43.8 Å². The largest absolute Gasteiger partial charge is 0.547 e. The first-order chi connectivity index (χ1) is 8.19. The molecule has 0 aliphatic carbocycles. The zero-order valence-electron chi connectivity index (χ0n) is 13.9. The molecule has 0 aliphatic heterocycles. The molecule has 0 amide bonds. The molecule has 0 heterocycles. The van der Waals surface area contributed by atoms with Gasteiger partial charge in [-0.3, -0.25) is 0 Å². The molecule has 0 aliphatic rings. The third kappa shape index (κ3) is 6.23. The minimum Gasteiger partial charge on any atom is -0.547 e. The molecule has 18 heavy (non-hydrogen) atoms. The van der Waals surface area contributed by atoms with Crippen LogP contribution < -0.4 is 0 Å². The van der Waals surface area contributed by atoms with Crippen molar-refractivity contribution in [2.75, 3.05) is 0 Å². The molecule has 0 aromatic rings. The minimum atomic E-state index is -1.46. The zero-order valence-corrected chi connectivity index (χ0v) is 15.9. The van der Waals surface area contributed by atoms with Crippen LogP contribution in [0.3, 0.4) is 0 Å². The molecular weight excluding hydrogens is 252 g/mol. The Bertz CT molecular complexity index is 252. The van der Waals surface area contributed by atoms with Crippen molar-refractivity contribution in [2.24, 2.45) is 5.92 Å². The van der Waals surface area contributed by atoms with Crippen molar-refractivity contribution in [1.82, 2.24) is 0 Å². The normalized spacial score (nSPS) is 14.2. The van der Waals surface area contributed by atoms with E-state index in [1.54, 1.807) is 0 Å². The van der Waals surface area contributed by atoms with Crippen molar-refractivity contribution in [1.29, 1.82) is 0 Å². The van der Waals surface area contributed by atoms with Crippen LogP contribution in [-0.2, 0) is 4.43 Å².